The minimum Gasteiger partial charge on any atom is -0.322 e. The Balaban J connectivity index is 1.78. The van der Waals surface area contributed by atoms with Crippen LogP contribution in [0.5, 0.6) is 0 Å². The van der Waals surface area contributed by atoms with E-state index < -0.39 is 10.0 Å². The number of sulfonamides is 1. The Morgan fingerprint density at radius 1 is 1.00 bits per heavy atom. The summed E-state index contributed by atoms with van der Waals surface area (Å²) in [7, 11) is -3.52. The van der Waals surface area contributed by atoms with Crippen LogP contribution in [0.2, 0.25) is 5.02 Å². The van der Waals surface area contributed by atoms with Crippen molar-refractivity contribution in [2.24, 2.45) is 0 Å². The molecule has 0 bridgehead atoms. The number of hydrogen-bond donors (Lipinski definition) is 1. The molecule has 3 aromatic carbocycles. The first-order valence-electron chi connectivity index (χ1n) is 9.87. The highest BCUT2D eigenvalue weighted by Crippen LogP contribution is 2.25. The average molecular weight is 457 g/mol. The lowest BCUT2D eigenvalue weighted by atomic mass is 10.0. The van der Waals surface area contributed by atoms with Crippen LogP contribution in [0, 0.1) is 0 Å². The molecule has 0 spiro atoms. The van der Waals surface area contributed by atoms with Crippen molar-refractivity contribution in [2.75, 3.05) is 15.9 Å². The zero-order valence-corrected chi connectivity index (χ0v) is 19.2. The first-order chi connectivity index (χ1) is 14.6. The molecule has 0 radical (unpaired) electrons. The molecule has 0 unspecified atom stereocenters. The summed E-state index contributed by atoms with van der Waals surface area (Å²) in [5, 5.41) is 3.42. The zero-order chi connectivity index (χ0) is 22.6. The number of nitrogens with zero attached hydrogens (tertiary/aromatic N) is 1. The van der Waals surface area contributed by atoms with E-state index in [9.17, 15) is 13.2 Å². The Kier molecular flexibility index (Phi) is 7.03. The maximum absolute atomic E-state index is 12.7. The van der Waals surface area contributed by atoms with Gasteiger partial charge in [0.25, 0.3) is 5.91 Å². The van der Waals surface area contributed by atoms with Crippen LogP contribution >= 0.6 is 11.6 Å². The van der Waals surface area contributed by atoms with Crippen molar-refractivity contribution in [1.82, 2.24) is 0 Å². The molecule has 3 rings (SSSR count). The topological polar surface area (TPSA) is 66.5 Å². The second-order valence-corrected chi connectivity index (χ2v) is 9.99. The summed E-state index contributed by atoms with van der Waals surface area (Å²) in [5.74, 6) is 0.0711. The van der Waals surface area contributed by atoms with Gasteiger partial charge in [-0.15, -0.1) is 0 Å². The fourth-order valence-corrected chi connectivity index (χ4v) is 4.33. The maximum Gasteiger partial charge on any atom is 0.255 e. The van der Waals surface area contributed by atoms with E-state index in [4.69, 9.17) is 11.6 Å². The smallest absolute Gasteiger partial charge is 0.255 e. The molecule has 0 saturated heterocycles. The van der Waals surface area contributed by atoms with Crippen LogP contribution < -0.4 is 9.62 Å². The third-order valence-electron chi connectivity index (χ3n) is 4.87. The molecule has 0 aliphatic heterocycles. The Hall–Kier alpha value is -2.83. The molecule has 0 aliphatic rings. The van der Waals surface area contributed by atoms with Crippen LogP contribution in [0.4, 0.5) is 11.4 Å². The summed E-state index contributed by atoms with van der Waals surface area (Å²) < 4.78 is 25.9. The van der Waals surface area contributed by atoms with Gasteiger partial charge in [0.05, 0.1) is 18.5 Å². The predicted molar refractivity (Wildman–Crippen MR) is 127 cm³/mol. The minimum atomic E-state index is -3.52. The summed E-state index contributed by atoms with van der Waals surface area (Å²) in [4.78, 5) is 12.7. The van der Waals surface area contributed by atoms with Crippen molar-refractivity contribution in [3.05, 3.63) is 94.5 Å². The van der Waals surface area contributed by atoms with Gasteiger partial charge < -0.3 is 5.32 Å². The highest BCUT2D eigenvalue weighted by molar-refractivity contribution is 7.92. The van der Waals surface area contributed by atoms with Crippen LogP contribution in [-0.4, -0.2) is 20.6 Å². The molecule has 1 amide bonds. The van der Waals surface area contributed by atoms with Gasteiger partial charge in [-0.1, -0.05) is 61.8 Å². The molecule has 0 fully saturated rings. The highest BCUT2D eigenvalue weighted by atomic mass is 35.5. The van der Waals surface area contributed by atoms with E-state index >= 15 is 0 Å². The van der Waals surface area contributed by atoms with Gasteiger partial charge in [-0.3, -0.25) is 9.10 Å². The Labute approximate surface area is 188 Å². The third kappa shape index (κ3) is 5.87. The molecular weight excluding hydrogens is 432 g/mol. The Bertz CT molecular complexity index is 1180. The van der Waals surface area contributed by atoms with Crippen LogP contribution in [0.1, 0.15) is 41.3 Å². The molecule has 5 nitrogen and oxygen atoms in total. The number of hydrogen-bond acceptors (Lipinski definition) is 3. The van der Waals surface area contributed by atoms with E-state index in [0.29, 0.717) is 16.3 Å². The number of para-hydroxylation sites is 1. The average Bonchev–Trinajstić information content (AvgIpc) is 2.71. The molecule has 0 aliphatic carbocycles. The molecule has 0 heterocycles. The lowest BCUT2D eigenvalue weighted by Crippen LogP contribution is -2.29. The van der Waals surface area contributed by atoms with Gasteiger partial charge in [0, 0.05) is 16.3 Å². The second kappa shape index (κ2) is 9.54. The number of amides is 1. The molecule has 3 aromatic rings. The predicted octanol–water partition coefficient (Wildman–Crippen LogP) is 5.68. The van der Waals surface area contributed by atoms with Crippen LogP contribution in [0.3, 0.4) is 0 Å². The number of anilines is 2. The van der Waals surface area contributed by atoms with Crippen LogP contribution in [-0.2, 0) is 16.6 Å². The fourth-order valence-electron chi connectivity index (χ4n) is 3.27. The summed E-state index contributed by atoms with van der Waals surface area (Å²) in [6, 6.07) is 21.3. The van der Waals surface area contributed by atoms with Gasteiger partial charge in [-0.2, -0.15) is 0 Å². The maximum atomic E-state index is 12.7. The lowest BCUT2D eigenvalue weighted by molar-refractivity contribution is 0.102. The van der Waals surface area contributed by atoms with Gasteiger partial charge in [0.1, 0.15) is 0 Å². The van der Waals surface area contributed by atoms with Gasteiger partial charge in [-0.25, -0.2) is 8.42 Å². The summed E-state index contributed by atoms with van der Waals surface area (Å²) in [5.41, 5.74) is 3.59. The van der Waals surface area contributed by atoms with Crippen molar-refractivity contribution >= 4 is 38.9 Å². The largest absolute Gasteiger partial charge is 0.322 e. The first-order valence-corrected chi connectivity index (χ1v) is 12.1. The van der Waals surface area contributed by atoms with Crippen molar-refractivity contribution in [3.63, 3.8) is 0 Å². The quantitative estimate of drug-likeness (QED) is 0.497. The molecule has 1 N–H and O–H groups in total. The van der Waals surface area contributed by atoms with Crippen molar-refractivity contribution in [3.8, 4) is 0 Å². The van der Waals surface area contributed by atoms with Gasteiger partial charge in [0.2, 0.25) is 10.0 Å². The third-order valence-corrected chi connectivity index (χ3v) is 6.25. The SMILES string of the molecule is CC(C)c1ccccc1NC(=O)c1ccc(CN(c2cccc(Cl)c2)S(C)(=O)=O)cc1. The first kappa shape index (κ1) is 22.8. The van der Waals surface area contributed by atoms with Crippen LogP contribution in [0.15, 0.2) is 72.8 Å². The number of carbonyl (C=O) groups is 1. The Morgan fingerprint density at radius 2 is 1.68 bits per heavy atom. The highest BCUT2D eigenvalue weighted by Gasteiger charge is 2.18. The number of nitrogens with one attached hydrogen (secondary N) is 1. The molecular formula is C24H25ClN2O3S. The standard InChI is InChI=1S/C24H25ClN2O3S/c1-17(2)22-9-4-5-10-23(22)26-24(28)19-13-11-18(12-14-19)16-27(31(3,29)30)21-8-6-7-20(25)15-21/h4-15,17H,16H2,1-3H3,(H,26,28). The fraction of sp³-hybridized carbons (Fsp3) is 0.208. The zero-order valence-electron chi connectivity index (χ0n) is 17.7. The number of rotatable bonds is 7. The molecule has 0 atom stereocenters. The van der Waals surface area contributed by atoms with E-state index in [-0.39, 0.29) is 18.4 Å². The van der Waals surface area contributed by atoms with E-state index in [0.717, 1.165) is 23.1 Å². The van der Waals surface area contributed by atoms with E-state index in [2.05, 4.69) is 19.2 Å². The molecule has 162 valence electrons. The monoisotopic (exact) mass is 456 g/mol. The van der Waals surface area contributed by atoms with E-state index in [1.165, 1.54) is 4.31 Å². The van der Waals surface area contributed by atoms with Gasteiger partial charge in [0.15, 0.2) is 0 Å². The van der Waals surface area contributed by atoms with E-state index in [1.807, 2.05) is 24.3 Å². The Morgan fingerprint density at radius 3 is 2.29 bits per heavy atom. The summed E-state index contributed by atoms with van der Waals surface area (Å²) in [6.07, 6.45) is 1.15. The van der Waals surface area contributed by atoms with Crippen molar-refractivity contribution < 1.29 is 13.2 Å². The number of carbonyl (C=O) groups excluding carboxylic acids is 1. The van der Waals surface area contributed by atoms with Gasteiger partial charge in [-0.05, 0) is 53.4 Å². The second-order valence-electron chi connectivity index (χ2n) is 7.64. The number of benzene rings is 3. The molecule has 0 saturated carbocycles. The minimum absolute atomic E-state index is 0.136. The summed E-state index contributed by atoms with van der Waals surface area (Å²) >= 11 is 6.03. The molecule has 0 aromatic heterocycles. The van der Waals surface area contributed by atoms with E-state index in [1.54, 1.807) is 48.5 Å². The lowest BCUT2D eigenvalue weighted by Gasteiger charge is -2.23. The van der Waals surface area contributed by atoms with Crippen LogP contribution in [0.25, 0.3) is 0 Å². The van der Waals surface area contributed by atoms with Crippen molar-refractivity contribution in [1.29, 1.82) is 0 Å². The molecule has 31 heavy (non-hydrogen) atoms. The number of halogens is 1. The van der Waals surface area contributed by atoms with Crippen molar-refractivity contribution in [2.45, 2.75) is 26.3 Å². The normalized spacial score (nSPS) is 11.4. The summed E-state index contributed by atoms with van der Waals surface area (Å²) in [6.45, 7) is 4.29. The van der Waals surface area contributed by atoms with Gasteiger partial charge >= 0.3 is 0 Å². The molecule has 7 heteroatoms.